The third kappa shape index (κ3) is 3.83. The van der Waals surface area contributed by atoms with Gasteiger partial charge in [-0.1, -0.05) is 6.07 Å². The fourth-order valence-corrected chi connectivity index (χ4v) is 4.78. The Morgan fingerprint density at radius 1 is 0.971 bits per heavy atom. The number of carbonyl (C=O) groups is 1. The molecule has 34 heavy (non-hydrogen) atoms. The predicted molar refractivity (Wildman–Crippen MR) is 132 cm³/mol. The number of hydrogen-bond acceptors (Lipinski definition) is 6. The highest BCUT2D eigenvalue weighted by molar-refractivity contribution is 7.18. The van der Waals surface area contributed by atoms with Gasteiger partial charge in [0.1, 0.15) is 16.9 Å². The molecular weight excluding hydrogens is 446 g/mol. The summed E-state index contributed by atoms with van der Waals surface area (Å²) in [4.78, 5) is 14.8. The van der Waals surface area contributed by atoms with E-state index in [1.165, 1.54) is 15.9 Å². The molecule has 0 radical (unpaired) electrons. The van der Waals surface area contributed by atoms with Crippen LogP contribution in [0.15, 0.2) is 65.2 Å². The number of fused-ring (bicyclic) bond motifs is 2. The van der Waals surface area contributed by atoms with E-state index in [1.807, 2.05) is 51.1 Å². The summed E-state index contributed by atoms with van der Waals surface area (Å²) in [5.74, 6) is 0.712. The van der Waals surface area contributed by atoms with E-state index in [0.29, 0.717) is 28.0 Å². The fraction of sp³-hybridized carbons (Fsp3) is 0.148. The zero-order valence-electron chi connectivity index (χ0n) is 18.7. The Hall–Kier alpha value is -4.33. The summed E-state index contributed by atoms with van der Waals surface area (Å²) in [7, 11) is 0. The molecule has 5 rings (SSSR count). The van der Waals surface area contributed by atoms with Gasteiger partial charge in [0, 0.05) is 27.4 Å². The van der Waals surface area contributed by atoms with Crippen molar-refractivity contribution >= 4 is 39.3 Å². The van der Waals surface area contributed by atoms with Gasteiger partial charge in [-0.05, 0) is 69.3 Å². The van der Waals surface area contributed by atoms with Gasteiger partial charge >= 0.3 is 6.09 Å². The minimum atomic E-state index is -0.649. The highest BCUT2D eigenvalue weighted by Crippen LogP contribution is 2.40. The number of furan rings is 1. The van der Waals surface area contributed by atoms with Crippen LogP contribution in [-0.4, -0.2) is 16.3 Å². The van der Waals surface area contributed by atoms with E-state index < -0.39 is 11.7 Å². The molecule has 0 aliphatic carbocycles. The standard InChI is InChI=1S/C27H19N3O3S/c1-27(2,3)33-26(31)30-15-20(19-7-5-16(13-28)10-21(19)30)24-8-9-25(34-24)23-12-18-6-4-17(14-29)11-22(18)32-23/h4-12,15H,1-3H3. The SMILES string of the molecule is CC(C)(C)OC(=O)n1cc(-c2ccc(-c3cc4ccc(C#N)cc4o3)s2)c2ccc(C#N)cc21. The van der Waals surface area contributed by atoms with Crippen LogP contribution in [0.5, 0.6) is 0 Å². The van der Waals surface area contributed by atoms with Gasteiger partial charge in [-0.2, -0.15) is 10.5 Å². The smallest absolute Gasteiger partial charge is 0.419 e. The van der Waals surface area contributed by atoms with Crippen molar-refractivity contribution in [3.63, 3.8) is 0 Å². The topological polar surface area (TPSA) is 91.9 Å². The quantitative estimate of drug-likeness (QED) is 0.272. The summed E-state index contributed by atoms with van der Waals surface area (Å²) < 4.78 is 13.1. The monoisotopic (exact) mass is 465 g/mol. The second-order valence-electron chi connectivity index (χ2n) is 8.88. The van der Waals surface area contributed by atoms with Crippen molar-refractivity contribution in [3.8, 4) is 33.2 Å². The van der Waals surface area contributed by atoms with Gasteiger partial charge in [0.2, 0.25) is 0 Å². The van der Waals surface area contributed by atoms with Crippen molar-refractivity contribution in [1.82, 2.24) is 4.57 Å². The molecule has 7 heteroatoms. The molecule has 6 nitrogen and oxygen atoms in total. The van der Waals surface area contributed by atoms with Crippen LogP contribution in [0.25, 0.3) is 43.0 Å². The van der Waals surface area contributed by atoms with Crippen LogP contribution in [0.4, 0.5) is 4.79 Å². The van der Waals surface area contributed by atoms with Crippen LogP contribution in [0, 0.1) is 22.7 Å². The summed E-state index contributed by atoms with van der Waals surface area (Å²) in [5.41, 5.74) is 2.51. The summed E-state index contributed by atoms with van der Waals surface area (Å²) in [6.45, 7) is 5.45. The van der Waals surface area contributed by atoms with Gasteiger partial charge in [0.25, 0.3) is 0 Å². The first kappa shape index (κ1) is 21.5. The normalized spacial score (nSPS) is 11.4. The average Bonchev–Trinajstić information content (AvgIpc) is 3.52. The van der Waals surface area contributed by atoms with E-state index in [4.69, 9.17) is 14.4 Å². The first-order chi connectivity index (χ1) is 16.3. The molecule has 0 aliphatic heterocycles. The Labute approximate surface area is 199 Å². The maximum absolute atomic E-state index is 12.9. The lowest BCUT2D eigenvalue weighted by atomic mass is 10.1. The average molecular weight is 466 g/mol. The number of aromatic nitrogens is 1. The minimum absolute atomic E-state index is 0.466. The zero-order chi connectivity index (χ0) is 24.0. The number of benzene rings is 2. The van der Waals surface area contributed by atoms with Gasteiger partial charge in [0.05, 0.1) is 33.7 Å². The maximum atomic E-state index is 12.9. The van der Waals surface area contributed by atoms with Gasteiger partial charge in [-0.3, -0.25) is 4.57 Å². The molecule has 5 aromatic rings. The van der Waals surface area contributed by atoms with Gasteiger partial charge in [-0.15, -0.1) is 11.3 Å². The zero-order valence-corrected chi connectivity index (χ0v) is 19.6. The Bertz CT molecular complexity index is 1670. The molecule has 0 saturated carbocycles. The molecule has 0 N–H and O–H groups in total. The van der Waals surface area contributed by atoms with Gasteiger partial charge in [0.15, 0.2) is 0 Å². The van der Waals surface area contributed by atoms with Crippen molar-refractivity contribution in [2.24, 2.45) is 0 Å². The summed E-state index contributed by atoms with van der Waals surface area (Å²) >= 11 is 1.54. The lowest BCUT2D eigenvalue weighted by Gasteiger charge is -2.19. The van der Waals surface area contributed by atoms with E-state index >= 15 is 0 Å². The molecular formula is C27H19N3O3S. The number of rotatable bonds is 2. The molecule has 0 spiro atoms. The summed E-state index contributed by atoms with van der Waals surface area (Å²) in [6.07, 6.45) is 1.26. The van der Waals surface area contributed by atoms with Crippen LogP contribution in [0.2, 0.25) is 0 Å². The van der Waals surface area contributed by atoms with Crippen LogP contribution in [0.1, 0.15) is 31.9 Å². The fourth-order valence-electron chi connectivity index (χ4n) is 3.79. The minimum Gasteiger partial charge on any atom is -0.455 e. The second-order valence-corrected chi connectivity index (χ2v) is 9.96. The third-order valence-electron chi connectivity index (χ3n) is 5.29. The molecule has 166 valence electrons. The Morgan fingerprint density at radius 3 is 2.41 bits per heavy atom. The van der Waals surface area contributed by atoms with Gasteiger partial charge in [-0.25, -0.2) is 4.79 Å². The van der Waals surface area contributed by atoms with Crippen LogP contribution in [-0.2, 0) is 4.74 Å². The summed E-state index contributed by atoms with van der Waals surface area (Å²) in [6, 6.07) is 20.8. The van der Waals surface area contributed by atoms with E-state index in [0.717, 1.165) is 26.1 Å². The molecule has 0 atom stereocenters. The molecule has 0 fully saturated rings. The number of ether oxygens (including phenoxy) is 1. The number of hydrogen-bond donors (Lipinski definition) is 0. The first-order valence-corrected chi connectivity index (χ1v) is 11.4. The Kier molecular flexibility index (Phi) is 5.01. The Balaban J connectivity index is 1.60. The number of carbonyl (C=O) groups excluding carboxylic acids is 1. The second kappa shape index (κ2) is 7.91. The number of nitriles is 2. The van der Waals surface area contributed by atoms with Crippen molar-refractivity contribution in [2.45, 2.75) is 26.4 Å². The van der Waals surface area contributed by atoms with E-state index in [9.17, 15) is 10.1 Å². The molecule has 2 aromatic carbocycles. The van der Waals surface area contributed by atoms with E-state index in [1.54, 1.807) is 30.5 Å². The van der Waals surface area contributed by atoms with E-state index in [2.05, 4.69) is 12.1 Å². The van der Waals surface area contributed by atoms with E-state index in [-0.39, 0.29) is 0 Å². The highest BCUT2D eigenvalue weighted by Gasteiger charge is 2.22. The van der Waals surface area contributed by atoms with Crippen molar-refractivity contribution in [3.05, 3.63) is 71.9 Å². The molecule has 0 saturated heterocycles. The lowest BCUT2D eigenvalue weighted by Crippen LogP contribution is -2.26. The Morgan fingerprint density at radius 2 is 1.68 bits per heavy atom. The molecule has 0 unspecified atom stereocenters. The van der Waals surface area contributed by atoms with Gasteiger partial charge < -0.3 is 9.15 Å². The largest absolute Gasteiger partial charge is 0.455 e. The molecule has 0 aliphatic rings. The highest BCUT2D eigenvalue weighted by atomic mass is 32.1. The lowest BCUT2D eigenvalue weighted by molar-refractivity contribution is 0.0544. The van der Waals surface area contributed by atoms with Crippen LogP contribution >= 0.6 is 11.3 Å². The van der Waals surface area contributed by atoms with Crippen LogP contribution in [0.3, 0.4) is 0 Å². The van der Waals surface area contributed by atoms with Crippen molar-refractivity contribution < 1.29 is 13.9 Å². The molecule has 3 heterocycles. The number of nitrogens with zero attached hydrogens (tertiary/aromatic N) is 3. The van der Waals surface area contributed by atoms with Crippen molar-refractivity contribution in [2.75, 3.05) is 0 Å². The van der Waals surface area contributed by atoms with Crippen LogP contribution < -0.4 is 0 Å². The molecule has 0 bridgehead atoms. The predicted octanol–water partition coefficient (Wildman–Crippen LogP) is 7.31. The van der Waals surface area contributed by atoms with Crippen molar-refractivity contribution in [1.29, 1.82) is 10.5 Å². The molecule has 3 aromatic heterocycles. The summed E-state index contributed by atoms with van der Waals surface area (Å²) in [5, 5.41) is 20.3. The molecule has 0 amide bonds. The first-order valence-electron chi connectivity index (χ1n) is 10.6. The maximum Gasteiger partial charge on any atom is 0.419 e. The number of thiophene rings is 1. The third-order valence-corrected chi connectivity index (χ3v) is 6.42.